The zero-order chi connectivity index (χ0) is 8.81. The zero-order valence-electron chi connectivity index (χ0n) is 7.49. The van der Waals surface area contributed by atoms with Gasteiger partial charge in [-0.25, -0.2) is 0 Å². The first-order valence-corrected chi connectivity index (χ1v) is 4.50. The second-order valence-electron chi connectivity index (χ2n) is 3.02. The quantitative estimate of drug-likeness (QED) is 0.381. The number of aryl methyl sites for hydroxylation is 1. The van der Waals surface area contributed by atoms with E-state index in [9.17, 15) is 5.21 Å². The molecule has 12 heavy (non-hydrogen) atoms. The van der Waals surface area contributed by atoms with Crippen LogP contribution in [0.25, 0.3) is 0 Å². The molecule has 2 heteroatoms. The van der Waals surface area contributed by atoms with Crippen molar-refractivity contribution in [1.82, 2.24) is 0 Å². The molecule has 0 unspecified atom stereocenters. The fourth-order valence-corrected chi connectivity index (χ4v) is 1.19. The fraction of sp³-hybridized carbons (Fsp3) is 0.500. The van der Waals surface area contributed by atoms with E-state index < -0.39 is 0 Å². The van der Waals surface area contributed by atoms with Crippen LogP contribution >= 0.6 is 0 Å². The van der Waals surface area contributed by atoms with Gasteiger partial charge in [-0.3, -0.25) is 0 Å². The number of pyridine rings is 1. The van der Waals surface area contributed by atoms with Crippen LogP contribution in [0.5, 0.6) is 0 Å². The van der Waals surface area contributed by atoms with Gasteiger partial charge in [-0.1, -0.05) is 19.8 Å². The summed E-state index contributed by atoms with van der Waals surface area (Å²) in [6.07, 6.45) is 7.94. The van der Waals surface area contributed by atoms with Gasteiger partial charge in [0.25, 0.3) is 0 Å². The van der Waals surface area contributed by atoms with Gasteiger partial charge in [0.05, 0.1) is 0 Å². The Morgan fingerprint density at radius 3 is 2.50 bits per heavy atom. The Bertz CT molecular complexity index is 218. The summed E-state index contributed by atoms with van der Waals surface area (Å²) in [7, 11) is 0. The highest BCUT2D eigenvalue weighted by atomic mass is 16.5. The first kappa shape index (κ1) is 9.04. The molecule has 1 heterocycles. The minimum Gasteiger partial charge on any atom is -0.619 e. The molecular weight excluding hydrogens is 150 g/mol. The van der Waals surface area contributed by atoms with Gasteiger partial charge in [0, 0.05) is 12.1 Å². The molecule has 0 N–H and O–H groups in total. The van der Waals surface area contributed by atoms with Crippen LogP contribution in [-0.4, -0.2) is 0 Å². The predicted octanol–water partition coefficient (Wildman–Crippen LogP) is 2.05. The van der Waals surface area contributed by atoms with Gasteiger partial charge < -0.3 is 5.21 Å². The minimum absolute atomic E-state index is 0.823. The van der Waals surface area contributed by atoms with Crippen LogP contribution in [0.15, 0.2) is 24.5 Å². The molecule has 0 radical (unpaired) electrons. The Labute approximate surface area is 73.4 Å². The van der Waals surface area contributed by atoms with Crippen molar-refractivity contribution in [2.24, 2.45) is 0 Å². The molecule has 1 aromatic rings. The normalized spacial score (nSPS) is 10.1. The van der Waals surface area contributed by atoms with Crippen molar-refractivity contribution >= 4 is 0 Å². The molecule has 66 valence electrons. The van der Waals surface area contributed by atoms with Crippen LogP contribution in [0.4, 0.5) is 0 Å². The van der Waals surface area contributed by atoms with Crippen molar-refractivity contribution < 1.29 is 4.73 Å². The van der Waals surface area contributed by atoms with Crippen molar-refractivity contribution in [3.05, 3.63) is 35.3 Å². The lowest BCUT2D eigenvalue weighted by atomic mass is 10.1. The van der Waals surface area contributed by atoms with E-state index in [1.165, 1.54) is 24.8 Å². The van der Waals surface area contributed by atoms with Gasteiger partial charge in [-0.15, -0.1) is 0 Å². The molecule has 0 aliphatic heterocycles. The van der Waals surface area contributed by atoms with Crippen molar-refractivity contribution in [2.45, 2.75) is 32.6 Å². The molecule has 0 fully saturated rings. The zero-order valence-corrected chi connectivity index (χ0v) is 7.49. The molecule has 0 aliphatic rings. The molecule has 0 saturated heterocycles. The Balaban J connectivity index is 2.37. The van der Waals surface area contributed by atoms with Crippen molar-refractivity contribution in [1.29, 1.82) is 0 Å². The molecular formula is C10H15NO. The SMILES string of the molecule is CCCCCc1cc[n+]([O-])cc1. The third-order valence-electron chi connectivity index (χ3n) is 1.94. The maximum atomic E-state index is 10.7. The third kappa shape index (κ3) is 2.91. The van der Waals surface area contributed by atoms with Gasteiger partial charge in [0.15, 0.2) is 12.4 Å². The van der Waals surface area contributed by atoms with E-state index in [1.54, 1.807) is 12.4 Å². The fourth-order valence-electron chi connectivity index (χ4n) is 1.19. The highest BCUT2D eigenvalue weighted by molar-refractivity contribution is 5.07. The lowest BCUT2D eigenvalue weighted by Gasteiger charge is -1.99. The molecule has 0 amide bonds. The summed E-state index contributed by atoms with van der Waals surface area (Å²) in [6, 6.07) is 3.78. The number of hydrogen-bond donors (Lipinski definition) is 0. The number of hydrogen-bond acceptors (Lipinski definition) is 1. The van der Waals surface area contributed by atoms with E-state index in [1.807, 2.05) is 12.1 Å². The molecule has 1 aromatic heterocycles. The Hall–Kier alpha value is -1.05. The van der Waals surface area contributed by atoms with Gasteiger partial charge >= 0.3 is 0 Å². The summed E-state index contributed by atoms with van der Waals surface area (Å²) in [5.41, 5.74) is 1.26. The summed E-state index contributed by atoms with van der Waals surface area (Å²) in [5.74, 6) is 0. The lowest BCUT2D eigenvalue weighted by Crippen LogP contribution is -2.23. The molecule has 0 bridgehead atoms. The van der Waals surface area contributed by atoms with E-state index in [0.717, 1.165) is 11.2 Å². The maximum absolute atomic E-state index is 10.7. The van der Waals surface area contributed by atoms with Crippen LogP contribution in [0.2, 0.25) is 0 Å². The summed E-state index contributed by atoms with van der Waals surface area (Å²) < 4.78 is 0.823. The van der Waals surface area contributed by atoms with Crippen LogP contribution in [0.3, 0.4) is 0 Å². The first-order chi connectivity index (χ1) is 5.83. The monoisotopic (exact) mass is 165 g/mol. The van der Waals surface area contributed by atoms with Gasteiger partial charge in [-0.05, 0) is 18.4 Å². The van der Waals surface area contributed by atoms with Crippen LogP contribution in [-0.2, 0) is 6.42 Å². The number of nitrogens with zero attached hydrogens (tertiary/aromatic N) is 1. The second kappa shape index (κ2) is 4.75. The molecule has 0 spiro atoms. The molecule has 0 aromatic carbocycles. The van der Waals surface area contributed by atoms with E-state index in [2.05, 4.69) is 6.92 Å². The summed E-state index contributed by atoms with van der Waals surface area (Å²) in [4.78, 5) is 0. The van der Waals surface area contributed by atoms with E-state index in [4.69, 9.17) is 0 Å². The van der Waals surface area contributed by atoms with Crippen molar-refractivity contribution in [3.63, 3.8) is 0 Å². The van der Waals surface area contributed by atoms with Gasteiger partial charge in [0.1, 0.15) is 0 Å². The molecule has 0 aliphatic carbocycles. The topological polar surface area (TPSA) is 26.9 Å². The van der Waals surface area contributed by atoms with Crippen LogP contribution in [0.1, 0.15) is 31.7 Å². The predicted molar refractivity (Wildman–Crippen MR) is 48.6 cm³/mol. The Morgan fingerprint density at radius 2 is 1.92 bits per heavy atom. The highest BCUT2D eigenvalue weighted by Crippen LogP contribution is 2.03. The number of aromatic nitrogens is 1. The molecule has 0 atom stereocenters. The number of unbranched alkanes of at least 4 members (excludes halogenated alkanes) is 2. The van der Waals surface area contributed by atoms with Crippen LogP contribution in [0, 0.1) is 5.21 Å². The van der Waals surface area contributed by atoms with E-state index in [-0.39, 0.29) is 0 Å². The highest BCUT2D eigenvalue weighted by Gasteiger charge is 1.94. The molecule has 1 rings (SSSR count). The first-order valence-electron chi connectivity index (χ1n) is 4.50. The summed E-state index contributed by atoms with van der Waals surface area (Å²) >= 11 is 0. The lowest BCUT2D eigenvalue weighted by molar-refractivity contribution is -0.605. The average molecular weight is 165 g/mol. The maximum Gasteiger partial charge on any atom is 0.180 e. The minimum atomic E-state index is 0.823. The number of rotatable bonds is 4. The third-order valence-corrected chi connectivity index (χ3v) is 1.94. The summed E-state index contributed by atoms with van der Waals surface area (Å²) in [5, 5.41) is 10.7. The van der Waals surface area contributed by atoms with E-state index >= 15 is 0 Å². The summed E-state index contributed by atoms with van der Waals surface area (Å²) in [6.45, 7) is 2.19. The van der Waals surface area contributed by atoms with Crippen molar-refractivity contribution in [3.8, 4) is 0 Å². The smallest absolute Gasteiger partial charge is 0.180 e. The largest absolute Gasteiger partial charge is 0.619 e. The standard InChI is InChI=1S/C10H15NO/c1-2-3-4-5-10-6-8-11(12)9-7-10/h6-9H,2-5H2,1H3. The Kier molecular flexibility index (Phi) is 3.58. The van der Waals surface area contributed by atoms with Gasteiger partial charge in [0.2, 0.25) is 0 Å². The van der Waals surface area contributed by atoms with E-state index in [0.29, 0.717) is 0 Å². The van der Waals surface area contributed by atoms with Crippen LogP contribution < -0.4 is 4.73 Å². The van der Waals surface area contributed by atoms with Gasteiger partial charge in [-0.2, -0.15) is 4.73 Å². The average Bonchev–Trinajstić information content (AvgIpc) is 2.09. The molecule has 0 saturated carbocycles. The van der Waals surface area contributed by atoms with Crippen molar-refractivity contribution in [2.75, 3.05) is 0 Å². The molecule has 2 nitrogen and oxygen atoms in total. The Morgan fingerprint density at radius 1 is 1.25 bits per heavy atom. The second-order valence-corrected chi connectivity index (χ2v) is 3.02.